The zero-order valence-corrected chi connectivity index (χ0v) is 19.8. The van der Waals surface area contributed by atoms with Gasteiger partial charge in [-0.25, -0.2) is 12.7 Å². The molecule has 3 heterocycles. The first kappa shape index (κ1) is 24.1. The van der Waals surface area contributed by atoms with Gasteiger partial charge in [0.2, 0.25) is 10.0 Å². The number of nitrogens with zero attached hydrogens (tertiary/aromatic N) is 3. The number of morpholine rings is 1. The lowest BCUT2D eigenvalue weighted by Gasteiger charge is -2.30. The minimum absolute atomic E-state index is 0.0441. The number of benzene rings is 1. The Morgan fingerprint density at radius 1 is 1.09 bits per heavy atom. The van der Waals surface area contributed by atoms with Gasteiger partial charge in [-0.05, 0) is 36.4 Å². The molecule has 1 atom stereocenters. The van der Waals surface area contributed by atoms with Crippen molar-refractivity contribution in [2.75, 3.05) is 53.5 Å². The predicted octanol–water partition coefficient (Wildman–Crippen LogP) is 1.28. The van der Waals surface area contributed by atoms with Crippen LogP contribution >= 0.6 is 0 Å². The third-order valence-corrected chi connectivity index (χ3v) is 7.85. The number of rotatable bonds is 7. The Labute approximate surface area is 198 Å². The van der Waals surface area contributed by atoms with Crippen molar-refractivity contribution in [3.05, 3.63) is 59.6 Å². The number of carbonyl (C=O) groups is 2. The number of carbonyl (C=O) groups excluding carboxylic acids is 2. The first-order valence-corrected chi connectivity index (χ1v) is 12.3. The predicted molar refractivity (Wildman–Crippen MR) is 122 cm³/mol. The van der Waals surface area contributed by atoms with Gasteiger partial charge in [0.1, 0.15) is 17.6 Å². The van der Waals surface area contributed by atoms with E-state index in [9.17, 15) is 23.1 Å². The van der Waals surface area contributed by atoms with Crippen LogP contribution in [0.3, 0.4) is 0 Å². The molecule has 182 valence electrons. The zero-order valence-electron chi connectivity index (χ0n) is 19.0. The molecule has 0 radical (unpaired) electrons. The highest BCUT2D eigenvalue weighted by molar-refractivity contribution is 7.89. The molecule has 0 aliphatic carbocycles. The molecule has 0 bridgehead atoms. The number of hydrogen-bond donors (Lipinski definition) is 1. The third kappa shape index (κ3) is 4.51. The lowest BCUT2D eigenvalue weighted by Crippen LogP contribution is -2.42. The highest BCUT2D eigenvalue weighted by Crippen LogP contribution is 2.39. The van der Waals surface area contributed by atoms with Gasteiger partial charge >= 0.3 is 0 Å². The summed E-state index contributed by atoms with van der Waals surface area (Å²) in [7, 11) is -0.810. The lowest BCUT2D eigenvalue weighted by atomic mass is 9.99. The van der Waals surface area contributed by atoms with Gasteiger partial charge in [0, 0.05) is 45.8 Å². The van der Waals surface area contributed by atoms with Gasteiger partial charge in [0.05, 0.1) is 29.9 Å². The van der Waals surface area contributed by atoms with Crippen molar-refractivity contribution in [2.45, 2.75) is 10.9 Å². The summed E-state index contributed by atoms with van der Waals surface area (Å²) in [4.78, 5) is 29.6. The molecule has 11 heteroatoms. The van der Waals surface area contributed by atoms with E-state index in [1.54, 1.807) is 12.1 Å². The van der Waals surface area contributed by atoms with E-state index in [0.29, 0.717) is 25.5 Å². The monoisotopic (exact) mass is 489 g/mol. The number of sulfonamides is 1. The van der Waals surface area contributed by atoms with E-state index in [0.717, 1.165) is 17.4 Å². The summed E-state index contributed by atoms with van der Waals surface area (Å²) in [6.07, 6.45) is 1.44. The summed E-state index contributed by atoms with van der Waals surface area (Å²) in [5.74, 6) is -1.56. The molecule has 0 spiro atoms. The Kier molecular flexibility index (Phi) is 6.89. The molecule has 2 aliphatic heterocycles. The van der Waals surface area contributed by atoms with Crippen molar-refractivity contribution in [1.82, 2.24) is 14.1 Å². The van der Waals surface area contributed by atoms with Crippen LogP contribution in [-0.2, 0) is 24.3 Å². The number of ketones is 1. The molecule has 1 N–H and O–H groups in total. The number of likely N-dealkylation sites (tertiary alicyclic amines) is 1. The molecule has 1 aromatic heterocycles. The smallest absolute Gasteiger partial charge is 0.295 e. The molecule has 10 nitrogen and oxygen atoms in total. The number of aliphatic hydroxyl groups is 1. The van der Waals surface area contributed by atoms with Gasteiger partial charge in [-0.15, -0.1) is 0 Å². The molecule has 1 aromatic carbocycles. The molecule has 34 heavy (non-hydrogen) atoms. The number of amides is 1. The van der Waals surface area contributed by atoms with Crippen LogP contribution in [0.25, 0.3) is 5.76 Å². The highest BCUT2D eigenvalue weighted by atomic mass is 32.2. The van der Waals surface area contributed by atoms with E-state index in [2.05, 4.69) is 4.90 Å². The largest absolute Gasteiger partial charge is 0.507 e. The Morgan fingerprint density at radius 2 is 1.76 bits per heavy atom. The summed E-state index contributed by atoms with van der Waals surface area (Å²) in [6.45, 7) is 3.51. The van der Waals surface area contributed by atoms with Crippen LogP contribution in [0.5, 0.6) is 0 Å². The summed E-state index contributed by atoms with van der Waals surface area (Å²) in [5.41, 5.74) is 0.130. The topological polar surface area (TPSA) is 121 Å². The second-order valence-electron chi connectivity index (χ2n) is 8.27. The third-order valence-electron chi connectivity index (χ3n) is 6.02. The average molecular weight is 490 g/mol. The number of furan rings is 1. The molecule has 2 fully saturated rings. The van der Waals surface area contributed by atoms with Gasteiger partial charge in [-0.1, -0.05) is 0 Å². The SMILES string of the molecule is CN(C)S(=O)(=O)c1ccc(/C(O)=C2\C(=O)C(=O)N(CCN3CCOCC3)[C@H]2c2ccco2)cc1. The van der Waals surface area contributed by atoms with Crippen molar-refractivity contribution in [1.29, 1.82) is 0 Å². The van der Waals surface area contributed by atoms with Gasteiger partial charge in [0.25, 0.3) is 11.7 Å². The van der Waals surface area contributed by atoms with Crippen LogP contribution in [0, 0.1) is 0 Å². The van der Waals surface area contributed by atoms with Crippen molar-refractivity contribution in [3.63, 3.8) is 0 Å². The van der Waals surface area contributed by atoms with Crippen molar-refractivity contribution >= 4 is 27.5 Å². The van der Waals surface area contributed by atoms with Crippen LogP contribution < -0.4 is 0 Å². The summed E-state index contributed by atoms with van der Waals surface area (Å²) in [6, 6.07) is 7.93. The molecular weight excluding hydrogens is 462 g/mol. The minimum Gasteiger partial charge on any atom is -0.507 e. The normalized spacial score (nSPS) is 21.5. The molecule has 2 aromatic rings. The van der Waals surface area contributed by atoms with Crippen LogP contribution in [0.15, 0.2) is 57.5 Å². The molecule has 1 amide bonds. The average Bonchev–Trinajstić information content (AvgIpc) is 3.45. The number of hydrogen-bond acceptors (Lipinski definition) is 8. The standard InChI is InChI=1S/C23H27N3O7S/c1-24(2)34(30,31)17-7-5-16(6-8-17)21(27)19-20(18-4-3-13-33-18)26(23(29)22(19)28)10-9-25-11-14-32-15-12-25/h3-8,13,20,27H,9-12,14-15H2,1-2H3/b21-19+/t20-/m0/s1. The van der Waals surface area contributed by atoms with E-state index >= 15 is 0 Å². The maximum absolute atomic E-state index is 13.0. The number of aliphatic hydroxyl groups excluding tert-OH is 1. The van der Waals surface area contributed by atoms with Crippen molar-refractivity contribution in [2.24, 2.45) is 0 Å². The molecule has 4 rings (SSSR count). The fourth-order valence-corrected chi connectivity index (χ4v) is 4.98. The molecule has 0 saturated carbocycles. The Morgan fingerprint density at radius 3 is 2.35 bits per heavy atom. The van der Waals surface area contributed by atoms with Crippen LogP contribution in [0.2, 0.25) is 0 Å². The molecular formula is C23H27N3O7S. The van der Waals surface area contributed by atoms with Gasteiger partial charge in [-0.3, -0.25) is 14.5 Å². The van der Waals surface area contributed by atoms with Crippen LogP contribution in [-0.4, -0.2) is 92.8 Å². The highest BCUT2D eigenvalue weighted by Gasteiger charge is 2.47. The van der Waals surface area contributed by atoms with E-state index in [1.165, 1.54) is 49.5 Å². The van der Waals surface area contributed by atoms with Gasteiger partial charge in [-0.2, -0.15) is 0 Å². The maximum Gasteiger partial charge on any atom is 0.295 e. The van der Waals surface area contributed by atoms with Crippen molar-refractivity contribution in [3.8, 4) is 0 Å². The van der Waals surface area contributed by atoms with Crippen LogP contribution in [0.1, 0.15) is 17.4 Å². The van der Waals surface area contributed by atoms with Crippen molar-refractivity contribution < 1.29 is 32.3 Å². The van der Waals surface area contributed by atoms with E-state index in [4.69, 9.17) is 9.15 Å². The van der Waals surface area contributed by atoms with E-state index in [-0.39, 0.29) is 28.3 Å². The molecule has 2 aliphatic rings. The van der Waals surface area contributed by atoms with Crippen LogP contribution in [0.4, 0.5) is 0 Å². The fraction of sp³-hybridized carbons (Fsp3) is 0.391. The maximum atomic E-state index is 13.0. The summed E-state index contributed by atoms with van der Waals surface area (Å²) >= 11 is 0. The molecule has 0 unspecified atom stereocenters. The Hall–Kier alpha value is -2.99. The minimum atomic E-state index is -3.65. The fourth-order valence-electron chi connectivity index (χ4n) is 4.08. The Bertz CT molecular complexity index is 1180. The lowest BCUT2D eigenvalue weighted by molar-refractivity contribution is -0.140. The van der Waals surface area contributed by atoms with Gasteiger partial charge < -0.3 is 19.2 Å². The quantitative estimate of drug-likeness (QED) is 0.351. The Balaban J connectivity index is 1.68. The second kappa shape index (κ2) is 9.71. The second-order valence-corrected chi connectivity index (χ2v) is 10.4. The first-order chi connectivity index (χ1) is 16.2. The van der Waals surface area contributed by atoms with Gasteiger partial charge in [0.15, 0.2) is 0 Å². The summed E-state index contributed by atoms with van der Waals surface area (Å²) < 4.78 is 36.7. The van der Waals surface area contributed by atoms with E-state index in [1.807, 2.05) is 0 Å². The zero-order chi connectivity index (χ0) is 24.5. The number of Topliss-reactive ketones (excluding diaryl/α,β-unsaturated/α-hetero) is 1. The molecule has 2 saturated heterocycles. The first-order valence-electron chi connectivity index (χ1n) is 10.9. The number of ether oxygens (including phenoxy) is 1. The summed E-state index contributed by atoms with van der Waals surface area (Å²) in [5, 5.41) is 11.1. The van der Waals surface area contributed by atoms with E-state index < -0.39 is 27.8 Å².